The Labute approximate surface area is 118 Å². The molecule has 0 spiro atoms. The van der Waals surface area contributed by atoms with Crippen LogP contribution in [-0.4, -0.2) is 18.0 Å². The number of hydrogen-bond donors (Lipinski definition) is 0. The minimum atomic E-state index is 0.333. The van der Waals surface area contributed by atoms with Crippen molar-refractivity contribution in [3.05, 3.63) is 35.9 Å². The summed E-state index contributed by atoms with van der Waals surface area (Å²) in [6.07, 6.45) is 9.78. The van der Waals surface area contributed by atoms with Crippen LogP contribution >= 0.6 is 0 Å². The molecule has 1 nitrogen and oxygen atoms in total. The average molecular weight is 257 g/mol. The van der Waals surface area contributed by atoms with E-state index in [2.05, 4.69) is 42.2 Å². The van der Waals surface area contributed by atoms with Gasteiger partial charge in [-0.15, -0.1) is 0 Å². The molecular weight excluding hydrogens is 230 g/mol. The van der Waals surface area contributed by atoms with Gasteiger partial charge in [-0.05, 0) is 50.3 Å². The Morgan fingerprint density at radius 2 is 1.68 bits per heavy atom. The molecule has 1 aromatic carbocycles. The molecule has 1 aliphatic carbocycles. The van der Waals surface area contributed by atoms with Gasteiger partial charge in [0, 0.05) is 5.54 Å². The van der Waals surface area contributed by atoms with Gasteiger partial charge in [0.2, 0.25) is 0 Å². The highest BCUT2D eigenvalue weighted by Crippen LogP contribution is 2.47. The Balaban J connectivity index is 1.99. The van der Waals surface area contributed by atoms with Gasteiger partial charge < -0.3 is 0 Å². The quantitative estimate of drug-likeness (QED) is 0.749. The molecule has 1 aliphatic heterocycles. The topological polar surface area (TPSA) is 3.24 Å². The van der Waals surface area contributed by atoms with Gasteiger partial charge in [0.05, 0.1) is 0 Å². The summed E-state index contributed by atoms with van der Waals surface area (Å²) < 4.78 is 0. The summed E-state index contributed by atoms with van der Waals surface area (Å²) >= 11 is 0. The second-order valence-corrected chi connectivity index (χ2v) is 6.48. The van der Waals surface area contributed by atoms with Gasteiger partial charge in [-0.2, -0.15) is 0 Å². The summed E-state index contributed by atoms with van der Waals surface area (Å²) in [4.78, 5) is 2.83. The van der Waals surface area contributed by atoms with E-state index in [0.717, 1.165) is 5.92 Å². The first-order valence-corrected chi connectivity index (χ1v) is 8.14. The molecule has 0 radical (unpaired) electrons. The largest absolute Gasteiger partial charge is 0.293 e. The molecule has 1 aromatic rings. The summed E-state index contributed by atoms with van der Waals surface area (Å²) in [6, 6.07) is 11.3. The van der Waals surface area contributed by atoms with E-state index >= 15 is 0 Å². The zero-order valence-electron chi connectivity index (χ0n) is 12.3. The van der Waals surface area contributed by atoms with Crippen molar-refractivity contribution in [1.82, 2.24) is 4.90 Å². The first-order chi connectivity index (χ1) is 9.34. The maximum atomic E-state index is 2.83. The van der Waals surface area contributed by atoms with Gasteiger partial charge in [-0.1, -0.05) is 56.5 Å². The minimum Gasteiger partial charge on any atom is -0.293 e. The van der Waals surface area contributed by atoms with Crippen molar-refractivity contribution in [1.29, 1.82) is 0 Å². The number of likely N-dealkylation sites (tertiary alicyclic amines) is 1. The molecule has 2 fully saturated rings. The maximum Gasteiger partial charge on any atom is 0.0486 e. The fourth-order valence-electron chi connectivity index (χ4n) is 4.43. The zero-order valence-corrected chi connectivity index (χ0v) is 12.3. The van der Waals surface area contributed by atoms with Gasteiger partial charge >= 0.3 is 0 Å². The van der Waals surface area contributed by atoms with E-state index in [1.54, 1.807) is 5.56 Å². The molecule has 0 aromatic heterocycles. The molecule has 104 valence electrons. The van der Waals surface area contributed by atoms with Crippen LogP contribution in [-0.2, 0) is 5.54 Å². The summed E-state index contributed by atoms with van der Waals surface area (Å²) in [6.45, 7) is 5.10. The van der Waals surface area contributed by atoms with Gasteiger partial charge in [0.25, 0.3) is 0 Å². The number of piperidine rings is 1. The van der Waals surface area contributed by atoms with Crippen molar-refractivity contribution in [2.24, 2.45) is 5.92 Å². The maximum absolute atomic E-state index is 2.83. The second-order valence-electron chi connectivity index (χ2n) is 6.48. The SMILES string of the molecule is C[C@@H]1CCCC[C@]1(c1ccccc1)N1CCCCC1. The van der Waals surface area contributed by atoms with Gasteiger partial charge in [0.1, 0.15) is 0 Å². The van der Waals surface area contributed by atoms with Crippen molar-refractivity contribution in [2.45, 2.75) is 57.4 Å². The Kier molecular flexibility index (Phi) is 3.93. The van der Waals surface area contributed by atoms with Crippen LogP contribution in [0.2, 0.25) is 0 Å². The number of rotatable bonds is 2. The molecule has 1 saturated carbocycles. The highest BCUT2D eigenvalue weighted by Gasteiger charge is 2.44. The lowest BCUT2D eigenvalue weighted by Gasteiger charge is -2.52. The third-order valence-corrected chi connectivity index (χ3v) is 5.45. The lowest BCUT2D eigenvalue weighted by molar-refractivity contribution is -0.0110. The van der Waals surface area contributed by atoms with Gasteiger partial charge in [-0.3, -0.25) is 4.90 Å². The molecule has 0 amide bonds. The van der Waals surface area contributed by atoms with E-state index < -0.39 is 0 Å². The molecule has 19 heavy (non-hydrogen) atoms. The van der Waals surface area contributed by atoms with Gasteiger partial charge in [-0.25, -0.2) is 0 Å². The lowest BCUT2D eigenvalue weighted by Crippen LogP contribution is -2.53. The summed E-state index contributed by atoms with van der Waals surface area (Å²) in [7, 11) is 0. The molecular formula is C18H27N. The van der Waals surface area contributed by atoms with Crippen LogP contribution in [0.3, 0.4) is 0 Å². The Morgan fingerprint density at radius 1 is 0.947 bits per heavy atom. The monoisotopic (exact) mass is 257 g/mol. The third kappa shape index (κ3) is 2.33. The predicted octanol–water partition coefficient (Wildman–Crippen LogP) is 4.58. The Hall–Kier alpha value is -0.820. The van der Waals surface area contributed by atoms with E-state index in [-0.39, 0.29) is 0 Å². The third-order valence-electron chi connectivity index (χ3n) is 5.45. The fourth-order valence-corrected chi connectivity index (χ4v) is 4.43. The van der Waals surface area contributed by atoms with Crippen molar-refractivity contribution < 1.29 is 0 Å². The summed E-state index contributed by atoms with van der Waals surface area (Å²) in [5, 5.41) is 0. The van der Waals surface area contributed by atoms with E-state index in [1.165, 1.54) is 58.0 Å². The fraction of sp³-hybridized carbons (Fsp3) is 0.667. The van der Waals surface area contributed by atoms with Crippen LogP contribution in [0.15, 0.2) is 30.3 Å². The molecule has 2 aliphatic rings. The van der Waals surface area contributed by atoms with Crippen LogP contribution in [0, 0.1) is 5.92 Å². The van der Waals surface area contributed by atoms with Gasteiger partial charge in [0.15, 0.2) is 0 Å². The van der Waals surface area contributed by atoms with Crippen LogP contribution in [0.5, 0.6) is 0 Å². The Bertz CT molecular complexity index is 393. The van der Waals surface area contributed by atoms with E-state index in [0.29, 0.717) is 5.54 Å². The van der Waals surface area contributed by atoms with E-state index in [4.69, 9.17) is 0 Å². The number of benzene rings is 1. The molecule has 1 heteroatoms. The molecule has 0 N–H and O–H groups in total. The lowest BCUT2D eigenvalue weighted by atomic mass is 9.68. The van der Waals surface area contributed by atoms with Crippen LogP contribution in [0.25, 0.3) is 0 Å². The highest BCUT2D eigenvalue weighted by atomic mass is 15.2. The first-order valence-electron chi connectivity index (χ1n) is 8.14. The second kappa shape index (κ2) is 5.66. The van der Waals surface area contributed by atoms with Crippen LogP contribution in [0.1, 0.15) is 57.4 Å². The average Bonchev–Trinajstić information content (AvgIpc) is 2.50. The standard InChI is InChI=1S/C18H27N/c1-16-10-6-7-13-18(16,17-11-4-2-5-12-17)19-14-8-3-9-15-19/h2,4-5,11-12,16H,3,6-10,13-15H2,1H3/t16-,18+/m1/s1. The normalized spacial score (nSPS) is 33.2. The summed E-state index contributed by atoms with van der Waals surface area (Å²) in [5.74, 6) is 0.793. The van der Waals surface area contributed by atoms with E-state index in [9.17, 15) is 0 Å². The van der Waals surface area contributed by atoms with Crippen molar-refractivity contribution >= 4 is 0 Å². The highest BCUT2D eigenvalue weighted by molar-refractivity contribution is 5.26. The molecule has 0 bridgehead atoms. The molecule has 0 unspecified atom stereocenters. The number of hydrogen-bond acceptors (Lipinski definition) is 1. The van der Waals surface area contributed by atoms with Crippen LogP contribution in [0.4, 0.5) is 0 Å². The minimum absolute atomic E-state index is 0.333. The predicted molar refractivity (Wildman–Crippen MR) is 81.2 cm³/mol. The molecule has 1 heterocycles. The van der Waals surface area contributed by atoms with Crippen LogP contribution < -0.4 is 0 Å². The first kappa shape index (κ1) is 13.2. The number of nitrogens with zero attached hydrogens (tertiary/aromatic N) is 1. The van der Waals surface area contributed by atoms with E-state index in [1.807, 2.05) is 0 Å². The zero-order chi connectivity index (χ0) is 13.1. The molecule has 2 atom stereocenters. The van der Waals surface area contributed by atoms with Crippen molar-refractivity contribution in [3.63, 3.8) is 0 Å². The Morgan fingerprint density at radius 3 is 2.37 bits per heavy atom. The smallest absolute Gasteiger partial charge is 0.0486 e. The van der Waals surface area contributed by atoms with Crippen molar-refractivity contribution in [2.75, 3.05) is 13.1 Å². The summed E-state index contributed by atoms with van der Waals surface area (Å²) in [5.41, 5.74) is 1.91. The van der Waals surface area contributed by atoms with Crippen molar-refractivity contribution in [3.8, 4) is 0 Å². The molecule has 3 rings (SSSR count). The molecule has 1 saturated heterocycles.